The zero-order chi connectivity index (χ0) is 28.1. The number of nitrogens with zero attached hydrogens (tertiary/aromatic N) is 3. The number of nitrogen functional groups attached to an aromatic ring is 1. The Morgan fingerprint density at radius 3 is 2.69 bits per heavy atom. The number of hydrogen-bond acceptors (Lipinski definition) is 12. The number of oxime groups is 1. The fourth-order valence-corrected chi connectivity index (χ4v) is 6.74. The van der Waals surface area contributed by atoms with E-state index in [4.69, 9.17) is 15.2 Å². The highest BCUT2D eigenvalue weighted by atomic mass is 32.2. The molecular formula is C25H31N5O7S2. The average molecular weight is 578 g/mol. The lowest BCUT2D eigenvalue weighted by atomic mass is 9.87. The standard InChI is InChI=1S/C25H31N5O7S2/c1-3-7-15-11-38-23-19(28-21(32)18(29-35)16-12-39-25(26)27-16)22(33)30(23)20(15)24(34)37-13(2)36-17(31)10-14-8-5-4-6-9-14/h3,7,12-14,19,23,35H,4-6,8-11H2,1-2H3,(H2,26,27)(H,28,32)/b7-3-,29-18-/t13?,19?,23-/m0/s1. The van der Waals surface area contributed by atoms with Crippen LogP contribution >= 0.6 is 23.1 Å². The third kappa shape index (κ3) is 6.44. The van der Waals surface area contributed by atoms with Crippen LogP contribution in [0.5, 0.6) is 0 Å². The Kier molecular flexibility index (Phi) is 9.28. The van der Waals surface area contributed by atoms with Crippen LogP contribution in [0, 0.1) is 5.92 Å². The first-order valence-electron chi connectivity index (χ1n) is 12.7. The van der Waals surface area contributed by atoms with Crippen LogP contribution in [0.15, 0.2) is 34.0 Å². The van der Waals surface area contributed by atoms with E-state index < -0.39 is 41.5 Å². The van der Waals surface area contributed by atoms with Crippen LogP contribution in [-0.4, -0.2) is 68.0 Å². The first-order valence-corrected chi connectivity index (χ1v) is 14.6. The van der Waals surface area contributed by atoms with Gasteiger partial charge >= 0.3 is 11.9 Å². The average Bonchev–Trinajstić information content (AvgIpc) is 3.33. The molecule has 3 aliphatic rings. The zero-order valence-electron chi connectivity index (χ0n) is 21.6. The van der Waals surface area contributed by atoms with Gasteiger partial charge in [0.1, 0.15) is 22.8 Å². The molecule has 2 fully saturated rings. The Labute approximate surface area is 233 Å². The highest BCUT2D eigenvalue weighted by Gasteiger charge is 2.54. The van der Waals surface area contributed by atoms with E-state index in [1.807, 2.05) is 0 Å². The monoisotopic (exact) mass is 577 g/mol. The molecule has 2 aliphatic heterocycles. The second-order valence-electron chi connectivity index (χ2n) is 9.43. The fourth-order valence-electron chi connectivity index (χ4n) is 4.87. The highest BCUT2D eigenvalue weighted by Crippen LogP contribution is 2.41. The largest absolute Gasteiger partial charge is 0.425 e. The van der Waals surface area contributed by atoms with Gasteiger partial charge in [0.25, 0.3) is 11.8 Å². The summed E-state index contributed by atoms with van der Waals surface area (Å²) in [5.74, 6) is -1.93. The van der Waals surface area contributed by atoms with E-state index in [0.717, 1.165) is 37.0 Å². The number of anilines is 1. The highest BCUT2D eigenvalue weighted by molar-refractivity contribution is 8.00. The molecule has 1 saturated carbocycles. The van der Waals surface area contributed by atoms with Crippen molar-refractivity contribution in [2.24, 2.45) is 11.1 Å². The summed E-state index contributed by atoms with van der Waals surface area (Å²) in [4.78, 5) is 56.7. The van der Waals surface area contributed by atoms with E-state index in [-0.39, 0.29) is 34.6 Å². The molecule has 1 aromatic rings. The molecular weight excluding hydrogens is 546 g/mol. The summed E-state index contributed by atoms with van der Waals surface area (Å²) in [5.41, 5.74) is 5.88. The molecule has 1 aliphatic carbocycles. The second kappa shape index (κ2) is 12.6. The van der Waals surface area contributed by atoms with Crippen molar-refractivity contribution in [3.63, 3.8) is 0 Å². The first kappa shape index (κ1) is 28.6. The zero-order valence-corrected chi connectivity index (χ0v) is 23.3. The van der Waals surface area contributed by atoms with Crippen molar-refractivity contribution in [2.75, 3.05) is 11.5 Å². The maximum Gasteiger partial charge on any atom is 0.358 e. The van der Waals surface area contributed by atoms with Crippen LogP contribution in [0.3, 0.4) is 0 Å². The predicted octanol–water partition coefficient (Wildman–Crippen LogP) is 2.54. The number of allylic oxidation sites excluding steroid dienone is 2. The number of rotatable bonds is 9. The maximum absolute atomic E-state index is 13.2. The molecule has 0 spiro atoms. The SMILES string of the molecule is C/C=C\C1=C(C(=O)OC(C)OC(=O)CC2CCCCC2)N2C(=O)C(NC(=O)/C(=N\O)c3csc(N)n3)[C@@H]2SC1. The van der Waals surface area contributed by atoms with Gasteiger partial charge in [0.15, 0.2) is 10.8 Å². The lowest BCUT2D eigenvalue weighted by molar-refractivity contribution is -0.184. The maximum atomic E-state index is 13.2. The quantitative estimate of drug-likeness (QED) is 0.0988. The summed E-state index contributed by atoms with van der Waals surface area (Å²) in [5, 5.41) is 16.0. The number of carbonyl (C=O) groups excluding carboxylic acids is 4. The molecule has 0 bridgehead atoms. The fraction of sp³-hybridized carbons (Fsp3) is 0.520. The van der Waals surface area contributed by atoms with Gasteiger partial charge in [-0.1, -0.05) is 36.6 Å². The first-order chi connectivity index (χ1) is 18.7. The Balaban J connectivity index is 1.41. The van der Waals surface area contributed by atoms with Crippen molar-refractivity contribution in [1.29, 1.82) is 0 Å². The number of carbonyl (C=O) groups is 4. The van der Waals surface area contributed by atoms with E-state index in [1.165, 1.54) is 35.4 Å². The molecule has 4 rings (SSSR count). The number of nitrogens with one attached hydrogen (secondary N) is 1. The number of fused-ring (bicyclic) bond motifs is 1. The minimum atomic E-state index is -1.14. The van der Waals surface area contributed by atoms with Crippen LogP contribution in [0.25, 0.3) is 0 Å². The topological polar surface area (TPSA) is 174 Å². The Morgan fingerprint density at radius 1 is 1.31 bits per heavy atom. The van der Waals surface area contributed by atoms with Crippen molar-refractivity contribution in [3.8, 4) is 0 Å². The molecule has 0 radical (unpaired) electrons. The summed E-state index contributed by atoms with van der Waals surface area (Å²) in [7, 11) is 0. The normalized spacial score (nSPS) is 22.8. The summed E-state index contributed by atoms with van der Waals surface area (Å²) >= 11 is 2.42. The smallest absolute Gasteiger partial charge is 0.358 e. The summed E-state index contributed by atoms with van der Waals surface area (Å²) in [6.07, 6.45) is 7.95. The van der Waals surface area contributed by atoms with Crippen molar-refractivity contribution in [2.45, 2.75) is 70.1 Å². The molecule has 2 unspecified atom stereocenters. The van der Waals surface area contributed by atoms with Crippen LogP contribution in [0.4, 0.5) is 5.13 Å². The van der Waals surface area contributed by atoms with Crippen LogP contribution < -0.4 is 11.1 Å². The molecule has 4 N–H and O–H groups in total. The molecule has 0 aromatic carbocycles. The number of nitrogens with two attached hydrogens (primary N) is 1. The van der Waals surface area contributed by atoms with Gasteiger partial charge < -0.3 is 25.7 Å². The minimum absolute atomic E-state index is 0.0332. The minimum Gasteiger partial charge on any atom is -0.425 e. The molecule has 12 nitrogen and oxygen atoms in total. The predicted molar refractivity (Wildman–Crippen MR) is 145 cm³/mol. The summed E-state index contributed by atoms with van der Waals surface area (Å²) < 4.78 is 10.8. The lowest BCUT2D eigenvalue weighted by Crippen LogP contribution is -2.71. The van der Waals surface area contributed by atoms with Gasteiger partial charge in [0.05, 0.1) is 0 Å². The third-order valence-corrected chi connectivity index (χ3v) is 8.65. The van der Waals surface area contributed by atoms with Gasteiger partial charge in [-0.15, -0.1) is 23.1 Å². The van der Waals surface area contributed by atoms with Crippen molar-refractivity contribution in [1.82, 2.24) is 15.2 Å². The third-order valence-electron chi connectivity index (χ3n) is 6.68. The van der Waals surface area contributed by atoms with Gasteiger partial charge in [-0.05, 0) is 31.3 Å². The number of thiazole rings is 1. The van der Waals surface area contributed by atoms with E-state index in [0.29, 0.717) is 11.3 Å². The number of aromatic nitrogens is 1. The molecule has 39 heavy (non-hydrogen) atoms. The number of hydrogen-bond donors (Lipinski definition) is 3. The lowest BCUT2D eigenvalue weighted by Gasteiger charge is -2.49. The number of β-lactam (4-membered cyclic amide) rings is 1. The van der Waals surface area contributed by atoms with Gasteiger partial charge in [0, 0.05) is 24.5 Å². The van der Waals surface area contributed by atoms with Crippen molar-refractivity contribution < 1.29 is 33.9 Å². The second-order valence-corrected chi connectivity index (χ2v) is 11.4. The van der Waals surface area contributed by atoms with Crippen LogP contribution in [-0.2, 0) is 28.7 Å². The van der Waals surface area contributed by atoms with Gasteiger partial charge in [-0.2, -0.15) is 0 Å². The molecule has 1 aromatic heterocycles. The Bertz CT molecular complexity index is 1220. The molecule has 210 valence electrons. The van der Waals surface area contributed by atoms with E-state index in [1.54, 1.807) is 19.1 Å². The van der Waals surface area contributed by atoms with Gasteiger partial charge in [-0.3, -0.25) is 19.3 Å². The Morgan fingerprint density at radius 2 is 2.05 bits per heavy atom. The van der Waals surface area contributed by atoms with Crippen molar-refractivity contribution in [3.05, 3.63) is 34.5 Å². The number of esters is 2. The summed E-state index contributed by atoms with van der Waals surface area (Å²) in [6, 6.07) is -0.976. The van der Waals surface area contributed by atoms with Crippen LogP contribution in [0.1, 0.15) is 58.1 Å². The summed E-state index contributed by atoms with van der Waals surface area (Å²) in [6.45, 7) is 3.24. The molecule has 3 atom stereocenters. The van der Waals surface area contributed by atoms with E-state index in [2.05, 4.69) is 15.5 Å². The molecule has 14 heteroatoms. The number of amides is 2. The number of thioether (sulfide) groups is 1. The van der Waals surface area contributed by atoms with E-state index >= 15 is 0 Å². The number of ether oxygens (including phenoxy) is 2. The van der Waals surface area contributed by atoms with Crippen molar-refractivity contribution >= 4 is 57.7 Å². The van der Waals surface area contributed by atoms with E-state index in [9.17, 15) is 24.4 Å². The molecule has 2 amide bonds. The molecule has 1 saturated heterocycles. The van der Waals surface area contributed by atoms with Crippen LogP contribution in [0.2, 0.25) is 0 Å². The van der Waals surface area contributed by atoms with Gasteiger partial charge in [-0.25, -0.2) is 9.78 Å². The Hall–Kier alpha value is -3.39. The van der Waals surface area contributed by atoms with Gasteiger partial charge in [0.2, 0.25) is 6.29 Å². The molecule has 3 heterocycles.